The molecule has 4 heteroatoms. The van der Waals surface area contributed by atoms with Crippen LogP contribution in [0.1, 0.15) is 12.0 Å². The third kappa shape index (κ3) is 4.13. The minimum Gasteiger partial charge on any atom is -0.481 e. The molecule has 15 heavy (non-hydrogen) atoms. The molecular weight excluding hydrogens is 258 g/mol. The topological polar surface area (TPSA) is 61.1 Å². The first kappa shape index (κ1) is 11.7. The normalized spacial score (nSPS) is 11.7. The minimum absolute atomic E-state index is 0.105. The number of nitrogens with zero attached hydrogens (tertiary/aromatic N) is 1. The standard InChI is InChI=1S/C11H10BrNO2/c12-10-3-1-8(2-4-10)5-9(7-13)6-11(14)15/h1-4,9H,5-6H2,(H,14,15). The number of halogens is 1. The van der Waals surface area contributed by atoms with Crippen LogP contribution < -0.4 is 0 Å². The summed E-state index contributed by atoms with van der Waals surface area (Å²) in [6.45, 7) is 0. The molecule has 0 amide bonds. The second-order valence-corrected chi connectivity index (χ2v) is 4.17. The molecule has 0 aromatic heterocycles. The van der Waals surface area contributed by atoms with Gasteiger partial charge in [-0.3, -0.25) is 4.79 Å². The molecule has 0 fully saturated rings. The van der Waals surface area contributed by atoms with Gasteiger partial charge in [-0.1, -0.05) is 28.1 Å². The lowest BCUT2D eigenvalue weighted by Gasteiger charge is -2.05. The third-order valence-electron chi connectivity index (χ3n) is 2.00. The predicted molar refractivity (Wildman–Crippen MR) is 59.2 cm³/mol. The number of nitriles is 1. The lowest BCUT2D eigenvalue weighted by molar-refractivity contribution is -0.137. The maximum Gasteiger partial charge on any atom is 0.304 e. The Balaban J connectivity index is 2.63. The molecule has 0 aliphatic rings. The van der Waals surface area contributed by atoms with Gasteiger partial charge < -0.3 is 5.11 Å². The number of rotatable bonds is 4. The molecule has 0 aliphatic carbocycles. The number of benzene rings is 1. The van der Waals surface area contributed by atoms with E-state index in [1.54, 1.807) is 0 Å². The maximum atomic E-state index is 10.5. The van der Waals surface area contributed by atoms with Crippen LogP contribution in [0, 0.1) is 17.2 Å². The Hall–Kier alpha value is -1.34. The van der Waals surface area contributed by atoms with Gasteiger partial charge in [0.2, 0.25) is 0 Å². The van der Waals surface area contributed by atoms with Gasteiger partial charge in [-0.25, -0.2) is 0 Å². The monoisotopic (exact) mass is 267 g/mol. The lowest BCUT2D eigenvalue weighted by Crippen LogP contribution is -2.08. The average Bonchev–Trinajstić information content (AvgIpc) is 2.19. The van der Waals surface area contributed by atoms with Crippen molar-refractivity contribution in [2.24, 2.45) is 5.92 Å². The molecule has 0 aliphatic heterocycles. The Morgan fingerprint density at radius 2 is 2.07 bits per heavy atom. The van der Waals surface area contributed by atoms with Gasteiger partial charge in [0.05, 0.1) is 18.4 Å². The van der Waals surface area contributed by atoms with Gasteiger partial charge in [0.15, 0.2) is 0 Å². The van der Waals surface area contributed by atoms with Crippen LogP contribution in [0.15, 0.2) is 28.7 Å². The van der Waals surface area contributed by atoms with Crippen LogP contribution in [-0.4, -0.2) is 11.1 Å². The van der Waals surface area contributed by atoms with Gasteiger partial charge >= 0.3 is 5.97 Å². The Morgan fingerprint density at radius 1 is 1.47 bits per heavy atom. The molecule has 3 nitrogen and oxygen atoms in total. The van der Waals surface area contributed by atoms with Crippen molar-refractivity contribution in [3.05, 3.63) is 34.3 Å². The molecule has 78 valence electrons. The minimum atomic E-state index is -0.932. The summed E-state index contributed by atoms with van der Waals surface area (Å²) < 4.78 is 0.970. The SMILES string of the molecule is N#CC(CC(=O)O)Cc1ccc(Br)cc1. The fourth-order valence-electron chi connectivity index (χ4n) is 1.28. The van der Waals surface area contributed by atoms with Crippen LogP contribution >= 0.6 is 15.9 Å². The quantitative estimate of drug-likeness (QED) is 0.912. The highest BCUT2D eigenvalue weighted by Gasteiger charge is 2.12. The summed E-state index contributed by atoms with van der Waals surface area (Å²) in [7, 11) is 0. The fraction of sp³-hybridized carbons (Fsp3) is 0.273. The molecule has 1 aromatic carbocycles. The van der Waals surface area contributed by atoms with Crippen LogP contribution in [0.2, 0.25) is 0 Å². The molecule has 0 bridgehead atoms. The van der Waals surface area contributed by atoms with E-state index in [1.807, 2.05) is 30.3 Å². The average molecular weight is 268 g/mol. The largest absolute Gasteiger partial charge is 0.481 e. The molecule has 1 unspecified atom stereocenters. The molecule has 1 atom stereocenters. The molecular formula is C11H10BrNO2. The van der Waals surface area contributed by atoms with E-state index in [4.69, 9.17) is 10.4 Å². The van der Waals surface area contributed by atoms with Crippen molar-refractivity contribution in [3.63, 3.8) is 0 Å². The maximum absolute atomic E-state index is 10.5. The molecule has 1 rings (SSSR count). The number of carboxylic acid groups (broad SMARTS) is 1. The van der Waals surface area contributed by atoms with E-state index in [9.17, 15) is 4.79 Å². The summed E-state index contributed by atoms with van der Waals surface area (Å²) in [5, 5.41) is 17.3. The zero-order valence-electron chi connectivity index (χ0n) is 7.98. The highest BCUT2D eigenvalue weighted by Crippen LogP contribution is 2.15. The van der Waals surface area contributed by atoms with Crippen molar-refractivity contribution < 1.29 is 9.90 Å². The van der Waals surface area contributed by atoms with Crippen molar-refractivity contribution in [1.82, 2.24) is 0 Å². The van der Waals surface area contributed by atoms with E-state index >= 15 is 0 Å². The third-order valence-corrected chi connectivity index (χ3v) is 2.53. The fourth-order valence-corrected chi connectivity index (χ4v) is 1.54. The molecule has 1 aromatic rings. The summed E-state index contributed by atoms with van der Waals surface area (Å²) in [6, 6.07) is 9.53. The van der Waals surface area contributed by atoms with Gasteiger partial charge in [0.25, 0.3) is 0 Å². The predicted octanol–water partition coefficient (Wildman–Crippen LogP) is 2.61. The van der Waals surface area contributed by atoms with Crippen LogP contribution in [0.4, 0.5) is 0 Å². The van der Waals surface area contributed by atoms with Gasteiger partial charge in [-0.2, -0.15) is 5.26 Å². The Bertz CT molecular complexity index is 381. The van der Waals surface area contributed by atoms with E-state index in [0.717, 1.165) is 10.0 Å². The number of hydrogen-bond donors (Lipinski definition) is 1. The summed E-state index contributed by atoms with van der Waals surface area (Å²) in [5.74, 6) is -1.39. The highest BCUT2D eigenvalue weighted by atomic mass is 79.9. The van der Waals surface area contributed by atoms with E-state index in [1.165, 1.54) is 0 Å². The van der Waals surface area contributed by atoms with Crippen LogP contribution in [0.5, 0.6) is 0 Å². The van der Waals surface area contributed by atoms with Crippen molar-refractivity contribution >= 4 is 21.9 Å². The summed E-state index contributed by atoms with van der Waals surface area (Å²) in [5.41, 5.74) is 0.978. The van der Waals surface area contributed by atoms with Gasteiger partial charge in [0.1, 0.15) is 0 Å². The first-order chi connectivity index (χ1) is 7.11. The number of hydrogen-bond acceptors (Lipinski definition) is 2. The smallest absolute Gasteiger partial charge is 0.304 e. The number of aliphatic carboxylic acids is 1. The van der Waals surface area contributed by atoms with Crippen LogP contribution in [0.25, 0.3) is 0 Å². The summed E-state index contributed by atoms with van der Waals surface area (Å²) >= 11 is 3.31. The molecule has 0 spiro atoms. The van der Waals surface area contributed by atoms with Crippen LogP contribution in [-0.2, 0) is 11.2 Å². The molecule has 0 heterocycles. The van der Waals surface area contributed by atoms with E-state index in [0.29, 0.717) is 6.42 Å². The van der Waals surface area contributed by atoms with Crippen molar-refractivity contribution in [2.45, 2.75) is 12.8 Å². The lowest BCUT2D eigenvalue weighted by atomic mass is 9.98. The highest BCUT2D eigenvalue weighted by molar-refractivity contribution is 9.10. The number of carbonyl (C=O) groups is 1. The van der Waals surface area contributed by atoms with Crippen molar-refractivity contribution in [3.8, 4) is 6.07 Å². The zero-order chi connectivity index (χ0) is 11.3. The summed E-state index contributed by atoms with van der Waals surface area (Å²) in [6.07, 6.45) is 0.378. The molecule has 0 radical (unpaired) electrons. The van der Waals surface area contributed by atoms with Gasteiger partial charge in [-0.05, 0) is 24.1 Å². The number of carboxylic acids is 1. The van der Waals surface area contributed by atoms with Gasteiger partial charge in [-0.15, -0.1) is 0 Å². The first-order valence-corrected chi connectivity index (χ1v) is 5.27. The van der Waals surface area contributed by atoms with E-state index < -0.39 is 11.9 Å². The Morgan fingerprint density at radius 3 is 2.53 bits per heavy atom. The van der Waals surface area contributed by atoms with Gasteiger partial charge in [0, 0.05) is 4.47 Å². The second kappa shape index (κ2) is 5.52. The molecule has 1 N–H and O–H groups in total. The van der Waals surface area contributed by atoms with E-state index in [-0.39, 0.29) is 6.42 Å². The molecule has 0 saturated carbocycles. The Kier molecular flexibility index (Phi) is 4.32. The zero-order valence-corrected chi connectivity index (χ0v) is 9.57. The summed E-state index contributed by atoms with van der Waals surface area (Å²) in [4.78, 5) is 10.5. The van der Waals surface area contributed by atoms with Crippen molar-refractivity contribution in [2.75, 3.05) is 0 Å². The molecule has 0 saturated heterocycles. The van der Waals surface area contributed by atoms with Crippen molar-refractivity contribution in [1.29, 1.82) is 5.26 Å². The van der Waals surface area contributed by atoms with Crippen LogP contribution in [0.3, 0.4) is 0 Å². The Labute approximate surface area is 96.5 Å². The second-order valence-electron chi connectivity index (χ2n) is 3.25. The first-order valence-electron chi connectivity index (χ1n) is 4.47. The van der Waals surface area contributed by atoms with E-state index in [2.05, 4.69) is 15.9 Å².